The van der Waals surface area contributed by atoms with Gasteiger partial charge in [0, 0.05) is 16.9 Å². The topological polar surface area (TPSA) is 147 Å². The Balaban J connectivity index is 1.69. The predicted octanol–water partition coefficient (Wildman–Crippen LogP) is 1.01. The minimum Gasteiger partial charge on any atom is -0.366 e. The molecular formula is C17H20N8O2S. The smallest absolute Gasteiger partial charge is 0.271 e. The third-order valence-electron chi connectivity index (χ3n) is 3.93. The number of nitrogens with two attached hydrogens (primary N) is 2. The summed E-state index contributed by atoms with van der Waals surface area (Å²) in [5.74, 6) is 5.69. The highest BCUT2D eigenvalue weighted by atomic mass is 32.2. The molecule has 0 saturated carbocycles. The van der Waals surface area contributed by atoms with Crippen LogP contribution in [0.2, 0.25) is 0 Å². The summed E-state index contributed by atoms with van der Waals surface area (Å²) in [4.78, 5) is 23.5. The van der Waals surface area contributed by atoms with Crippen molar-refractivity contribution in [3.63, 3.8) is 0 Å². The van der Waals surface area contributed by atoms with E-state index in [0.717, 1.165) is 11.4 Å². The van der Waals surface area contributed by atoms with Crippen LogP contribution in [0.15, 0.2) is 35.5 Å². The molecule has 11 heteroatoms. The minimum absolute atomic E-state index is 0.243. The Kier molecular flexibility index (Phi) is 5.36. The van der Waals surface area contributed by atoms with Crippen LogP contribution in [0.4, 0.5) is 5.69 Å². The third-order valence-corrected chi connectivity index (χ3v) is 4.99. The number of thioether (sulfide) groups is 1. The van der Waals surface area contributed by atoms with Gasteiger partial charge in [0.1, 0.15) is 0 Å². The first-order chi connectivity index (χ1) is 13.3. The second-order valence-corrected chi connectivity index (χ2v) is 7.49. The van der Waals surface area contributed by atoms with E-state index in [1.165, 1.54) is 16.4 Å². The van der Waals surface area contributed by atoms with Crippen molar-refractivity contribution in [1.82, 2.24) is 24.7 Å². The molecule has 1 aromatic carbocycles. The van der Waals surface area contributed by atoms with Gasteiger partial charge in [-0.2, -0.15) is 5.10 Å². The van der Waals surface area contributed by atoms with Gasteiger partial charge in [-0.15, -0.1) is 10.2 Å². The number of rotatable bonds is 6. The van der Waals surface area contributed by atoms with Crippen molar-refractivity contribution in [1.29, 1.82) is 0 Å². The molecule has 0 spiro atoms. The number of hydrogen-bond donors (Lipinski definition) is 3. The van der Waals surface area contributed by atoms with Crippen molar-refractivity contribution in [3.8, 4) is 5.95 Å². The van der Waals surface area contributed by atoms with Crippen molar-refractivity contribution in [2.24, 2.45) is 5.73 Å². The molecule has 5 N–H and O–H groups in total. The number of primary amides is 1. The second kappa shape index (κ2) is 7.72. The number of aromatic nitrogens is 5. The number of hydrogen-bond acceptors (Lipinski definition) is 7. The molecule has 0 aliphatic rings. The van der Waals surface area contributed by atoms with Gasteiger partial charge in [-0.05, 0) is 51.1 Å². The lowest BCUT2D eigenvalue weighted by Gasteiger charge is -2.12. The zero-order valence-corrected chi connectivity index (χ0v) is 16.4. The third kappa shape index (κ3) is 3.98. The van der Waals surface area contributed by atoms with E-state index in [4.69, 9.17) is 11.6 Å². The number of carbonyl (C=O) groups is 2. The molecule has 1 atom stereocenters. The number of nitrogen functional groups attached to an aromatic ring is 1. The molecule has 1 unspecified atom stereocenters. The van der Waals surface area contributed by atoms with Crippen LogP contribution < -0.4 is 16.9 Å². The van der Waals surface area contributed by atoms with E-state index in [9.17, 15) is 9.59 Å². The van der Waals surface area contributed by atoms with Crippen LogP contribution in [0.3, 0.4) is 0 Å². The van der Waals surface area contributed by atoms with Crippen molar-refractivity contribution in [3.05, 3.63) is 47.3 Å². The van der Waals surface area contributed by atoms with Crippen LogP contribution in [0.5, 0.6) is 0 Å². The molecule has 3 aromatic rings. The number of nitrogens with zero attached hydrogens (tertiary/aromatic N) is 5. The first kappa shape index (κ1) is 19.4. The van der Waals surface area contributed by atoms with Gasteiger partial charge in [-0.1, -0.05) is 11.8 Å². The molecule has 0 saturated heterocycles. The lowest BCUT2D eigenvalue weighted by molar-refractivity contribution is -0.115. The lowest BCUT2D eigenvalue weighted by Crippen LogP contribution is -2.24. The summed E-state index contributed by atoms with van der Waals surface area (Å²) in [5.41, 5.74) is 7.84. The Morgan fingerprint density at radius 2 is 1.86 bits per heavy atom. The van der Waals surface area contributed by atoms with Crippen molar-refractivity contribution in [2.45, 2.75) is 31.2 Å². The van der Waals surface area contributed by atoms with Gasteiger partial charge in [-0.25, -0.2) is 9.36 Å². The summed E-state index contributed by atoms with van der Waals surface area (Å²) >= 11 is 1.17. The number of nitrogens with one attached hydrogen (secondary N) is 1. The molecule has 0 fully saturated rings. The molecule has 2 aromatic heterocycles. The molecule has 2 heterocycles. The number of benzene rings is 1. The summed E-state index contributed by atoms with van der Waals surface area (Å²) in [6, 6.07) is 8.23. The van der Waals surface area contributed by atoms with Crippen LogP contribution in [-0.4, -0.2) is 41.7 Å². The van der Waals surface area contributed by atoms with Gasteiger partial charge < -0.3 is 16.9 Å². The molecular weight excluding hydrogens is 380 g/mol. The molecule has 2 amide bonds. The largest absolute Gasteiger partial charge is 0.366 e. The minimum atomic E-state index is -0.525. The summed E-state index contributed by atoms with van der Waals surface area (Å²) in [7, 11) is 0. The number of anilines is 1. The molecule has 0 radical (unpaired) electrons. The van der Waals surface area contributed by atoms with E-state index in [2.05, 4.69) is 20.6 Å². The van der Waals surface area contributed by atoms with Crippen LogP contribution >= 0.6 is 11.8 Å². The first-order valence-electron chi connectivity index (χ1n) is 8.37. The summed E-state index contributed by atoms with van der Waals surface area (Å²) in [6.07, 6.45) is 0. The Hall–Kier alpha value is -3.34. The van der Waals surface area contributed by atoms with Crippen LogP contribution in [0, 0.1) is 13.8 Å². The number of amides is 2. The monoisotopic (exact) mass is 400 g/mol. The Labute approximate surface area is 165 Å². The maximum atomic E-state index is 12.4. The van der Waals surface area contributed by atoms with E-state index >= 15 is 0 Å². The molecule has 0 aliphatic heterocycles. The Morgan fingerprint density at radius 3 is 2.43 bits per heavy atom. The first-order valence-corrected chi connectivity index (χ1v) is 9.25. The highest BCUT2D eigenvalue weighted by Crippen LogP contribution is 2.23. The Morgan fingerprint density at radius 1 is 1.18 bits per heavy atom. The van der Waals surface area contributed by atoms with E-state index in [-0.39, 0.29) is 5.91 Å². The molecule has 146 valence electrons. The fraction of sp³-hybridized carbons (Fsp3) is 0.235. The van der Waals surface area contributed by atoms with Gasteiger partial charge in [0.25, 0.3) is 5.95 Å². The SMILES string of the molecule is Cc1cc(C)n(-c2nnc(SC(C)C(=O)Nc3ccc(C(N)=O)cc3)n2N)n1. The maximum absolute atomic E-state index is 12.4. The van der Waals surface area contributed by atoms with Crippen LogP contribution in [0.1, 0.15) is 28.7 Å². The van der Waals surface area contributed by atoms with Gasteiger partial charge in [-0.3, -0.25) is 9.59 Å². The molecule has 28 heavy (non-hydrogen) atoms. The molecule has 10 nitrogen and oxygen atoms in total. The summed E-state index contributed by atoms with van der Waals surface area (Å²) in [5, 5.41) is 15.1. The quantitative estimate of drug-likeness (QED) is 0.413. The van der Waals surface area contributed by atoms with Crippen molar-refractivity contribution < 1.29 is 9.59 Å². The normalized spacial score (nSPS) is 12.0. The van der Waals surface area contributed by atoms with Crippen molar-refractivity contribution in [2.75, 3.05) is 11.2 Å². The average Bonchev–Trinajstić information content (AvgIpc) is 3.16. The average molecular weight is 400 g/mol. The zero-order chi connectivity index (χ0) is 20.4. The molecule has 0 aliphatic carbocycles. The van der Waals surface area contributed by atoms with E-state index in [0.29, 0.717) is 22.4 Å². The Bertz CT molecular complexity index is 1020. The number of carbonyl (C=O) groups excluding carboxylic acids is 2. The fourth-order valence-electron chi connectivity index (χ4n) is 2.50. The number of aryl methyl sites for hydroxylation is 2. The summed E-state index contributed by atoms with van der Waals surface area (Å²) in [6.45, 7) is 5.50. The highest BCUT2D eigenvalue weighted by molar-refractivity contribution is 8.00. The predicted molar refractivity (Wildman–Crippen MR) is 106 cm³/mol. The van der Waals surface area contributed by atoms with Gasteiger partial charge in [0.15, 0.2) is 0 Å². The highest BCUT2D eigenvalue weighted by Gasteiger charge is 2.21. The van der Waals surface area contributed by atoms with Crippen LogP contribution in [0.25, 0.3) is 5.95 Å². The maximum Gasteiger partial charge on any atom is 0.271 e. The standard InChI is InChI=1S/C17H20N8O2S/c1-9-8-10(2)25(23-9)16-21-22-17(24(16)19)28-11(3)15(27)20-13-6-4-12(5-7-13)14(18)26/h4-8,11H,19H2,1-3H3,(H2,18,26)(H,20,27). The molecule has 3 rings (SSSR count). The summed E-state index contributed by atoms with van der Waals surface area (Å²) < 4.78 is 2.90. The second-order valence-electron chi connectivity index (χ2n) is 6.18. The van der Waals surface area contributed by atoms with Crippen molar-refractivity contribution >= 4 is 29.3 Å². The van der Waals surface area contributed by atoms with Gasteiger partial charge in [0.05, 0.1) is 10.9 Å². The van der Waals surface area contributed by atoms with Gasteiger partial charge >= 0.3 is 0 Å². The zero-order valence-electron chi connectivity index (χ0n) is 15.6. The molecule has 0 bridgehead atoms. The van der Waals surface area contributed by atoms with E-state index < -0.39 is 11.2 Å². The lowest BCUT2D eigenvalue weighted by atomic mass is 10.2. The van der Waals surface area contributed by atoms with E-state index in [1.807, 2.05) is 19.9 Å². The van der Waals surface area contributed by atoms with Crippen LogP contribution in [-0.2, 0) is 4.79 Å². The van der Waals surface area contributed by atoms with Gasteiger partial charge in [0.2, 0.25) is 17.0 Å². The van der Waals surface area contributed by atoms with E-state index in [1.54, 1.807) is 35.9 Å². The fourth-order valence-corrected chi connectivity index (χ4v) is 3.26.